The first kappa shape index (κ1) is 35.6. The average Bonchev–Trinajstić information content (AvgIpc) is 3.29. The number of nitrogens with one attached hydrogen (secondary N) is 1. The van der Waals surface area contributed by atoms with Gasteiger partial charge in [0.15, 0.2) is 11.2 Å². The Morgan fingerprint density at radius 2 is 1.62 bits per heavy atom. The fraction of sp³-hybridized carbons (Fsp3) is 0.621. The number of halogens is 2. The van der Waals surface area contributed by atoms with E-state index in [2.05, 4.69) is 59.1 Å². The lowest BCUT2D eigenvalue weighted by atomic mass is 10.1. The molecule has 0 bridgehead atoms. The van der Waals surface area contributed by atoms with Crippen molar-refractivity contribution in [1.82, 2.24) is 28.5 Å². The number of nitrogens with zero attached hydrogens (tertiary/aromatic N) is 6. The monoisotopic (exact) mass is 627 g/mol. The van der Waals surface area contributed by atoms with Gasteiger partial charge in [-0.1, -0.05) is 31.5 Å². The van der Waals surface area contributed by atoms with Crippen LogP contribution in [-0.2, 0) is 20.6 Å². The quantitative estimate of drug-likeness (QED) is 0.278. The van der Waals surface area contributed by atoms with Gasteiger partial charge in [0.05, 0.1) is 19.3 Å². The van der Waals surface area contributed by atoms with Gasteiger partial charge in [0.25, 0.3) is 5.56 Å². The molecule has 0 spiro atoms. The van der Waals surface area contributed by atoms with Crippen molar-refractivity contribution in [3.05, 3.63) is 50.2 Å². The number of ether oxygens (including phenoxy) is 1. The Labute approximate surface area is 260 Å². The SMILES string of the molecule is CCCCNc1nc2c(c(=O)n(C)c(=O)n2C)n1CC(O)CN1CCN(CCCOc2c(C)cccc2C)CC1.Cl.Cl. The molecular formula is C29H47Cl2N7O4. The van der Waals surface area contributed by atoms with Gasteiger partial charge in [-0.2, -0.15) is 4.98 Å². The minimum absolute atomic E-state index is 0. The van der Waals surface area contributed by atoms with Crippen LogP contribution < -0.4 is 21.3 Å². The highest BCUT2D eigenvalue weighted by Crippen LogP contribution is 2.22. The third-order valence-electron chi connectivity index (χ3n) is 7.76. The Morgan fingerprint density at radius 1 is 0.976 bits per heavy atom. The van der Waals surface area contributed by atoms with Crippen LogP contribution in [0.2, 0.25) is 0 Å². The summed E-state index contributed by atoms with van der Waals surface area (Å²) in [4.78, 5) is 34.8. The highest BCUT2D eigenvalue weighted by molar-refractivity contribution is 5.85. The Morgan fingerprint density at radius 3 is 2.26 bits per heavy atom. The van der Waals surface area contributed by atoms with E-state index in [-0.39, 0.29) is 31.4 Å². The molecule has 1 saturated heterocycles. The zero-order valence-corrected chi connectivity index (χ0v) is 27.1. The molecule has 3 heterocycles. The van der Waals surface area contributed by atoms with Crippen LogP contribution in [0.1, 0.15) is 37.3 Å². The molecule has 1 fully saturated rings. The van der Waals surface area contributed by atoms with Crippen LogP contribution in [0.4, 0.5) is 5.95 Å². The predicted molar refractivity (Wildman–Crippen MR) is 173 cm³/mol. The molecule has 1 unspecified atom stereocenters. The van der Waals surface area contributed by atoms with E-state index < -0.39 is 17.4 Å². The number of aliphatic hydroxyl groups excluding tert-OH is 1. The van der Waals surface area contributed by atoms with Gasteiger partial charge < -0.3 is 24.6 Å². The molecule has 11 nitrogen and oxygen atoms in total. The second kappa shape index (κ2) is 16.3. The molecule has 42 heavy (non-hydrogen) atoms. The lowest BCUT2D eigenvalue weighted by Gasteiger charge is -2.35. The average molecular weight is 629 g/mol. The summed E-state index contributed by atoms with van der Waals surface area (Å²) in [6.45, 7) is 13.0. The second-order valence-corrected chi connectivity index (χ2v) is 10.9. The van der Waals surface area contributed by atoms with Crippen LogP contribution >= 0.6 is 24.8 Å². The van der Waals surface area contributed by atoms with Gasteiger partial charge in [0.2, 0.25) is 5.95 Å². The summed E-state index contributed by atoms with van der Waals surface area (Å²) in [5.41, 5.74) is 2.17. The van der Waals surface area contributed by atoms with Crippen LogP contribution in [0.3, 0.4) is 0 Å². The molecule has 2 N–H and O–H groups in total. The third kappa shape index (κ3) is 8.29. The first-order valence-electron chi connectivity index (χ1n) is 14.4. The number of aliphatic hydroxyl groups is 1. The Bertz CT molecular complexity index is 1390. The second-order valence-electron chi connectivity index (χ2n) is 10.9. The van der Waals surface area contributed by atoms with Gasteiger partial charge in [-0.25, -0.2) is 4.79 Å². The van der Waals surface area contributed by atoms with E-state index in [1.54, 1.807) is 11.6 Å². The smallest absolute Gasteiger partial charge is 0.332 e. The van der Waals surface area contributed by atoms with Crippen molar-refractivity contribution in [3.63, 3.8) is 0 Å². The van der Waals surface area contributed by atoms with E-state index in [9.17, 15) is 14.7 Å². The van der Waals surface area contributed by atoms with E-state index in [1.807, 2.05) is 0 Å². The van der Waals surface area contributed by atoms with E-state index >= 15 is 0 Å². The van der Waals surface area contributed by atoms with Gasteiger partial charge >= 0.3 is 5.69 Å². The molecular weight excluding hydrogens is 581 g/mol. The summed E-state index contributed by atoms with van der Waals surface area (Å²) in [5, 5.41) is 14.4. The molecule has 0 amide bonds. The number of aromatic nitrogens is 4. The van der Waals surface area contributed by atoms with Gasteiger partial charge in [0, 0.05) is 59.9 Å². The van der Waals surface area contributed by atoms with Crippen LogP contribution in [0.15, 0.2) is 27.8 Å². The minimum atomic E-state index is -0.691. The van der Waals surface area contributed by atoms with Crippen molar-refractivity contribution in [2.75, 3.05) is 57.7 Å². The Balaban J connectivity index is 0.00000308. The van der Waals surface area contributed by atoms with Crippen molar-refractivity contribution in [2.45, 2.75) is 52.7 Å². The Kier molecular flexibility index (Phi) is 13.8. The fourth-order valence-corrected chi connectivity index (χ4v) is 5.39. The molecule has 236 valence electrons. The van der Waals surface area contributed by atoms with E-state index in [4.69, 9.17) is 4.74 Å². The fourth-order valence-electron chi connectivity index (χ4n) is 5.39. The molecule has 4 rings (SSSR count). The largest absolute Gasteiger partial charge is 0.493 e. The number of hydrogen-bond acceptors (Lipinski definition) is 8. The van der Waals surface area contributed by atoms with Crippen LogP contribution in [0, 0.1) is 13.8 Å². The first-order chi connectivity index (χ1) is 19.2. The third-order valence-corrected chi connectivity index (χ3v) is 7.76. The molecule has 0 radical (unpaired) electrons. The summed E-state index contributed by atoms with van der Waals surface area (Å²) < 4.78 is 10.3. The Hall–Kier alpha value is -2.57. The van der Waals surface area contributed by atoms with Crippen LogP contribution in [-0.4, -0.2) is 92.1 Å². The number of β-amino-alcohol motifs (C(OH)–C–C–N with tert-alkyl or cyclic N) is 1. The minimum Gasteiger partial charge on any atom is -0.493 e. The molecule has 1 atom stereocenters. The number of rotatable bonds is 13. The normalized spacial score (nSPS) is 14.8. The number of anilines is 1. The number of piperazine rings is 1. The van der Waals surface area contributed by atoms with Crippen LogP contribution in [0.25, 0.3) is 11.2 Å². The lowest BCUT2D eigenvalue weighted by Crippen LogP contribution is -2.49. The van der Waals surface area contributed by atoms with Gasteiger partial charge in [0.1, 0.15) is 5.75 Å². The topological polar surface area (TPSA) is 110 Å². The molecule has 1 aliphatic rings. The number of benzene rings is 1. The maximum absolute atomic E-state index is 13.0. The standard InChI is InChI=1S/C29H45N7O4.2ClH/c1-6-7-12-30-28-31-26-24(27(38)33(5)29(39)32(26)4)36(28)20-23(37)19-35-16-14-34(15-17-35)13-9-18-40-25-21(2)10-8-11-22(25)3;;/h8,10-11,23,37H,6-7,9,12-20H2,1-5H3,(H,30,31);2*1H. The summed E-state index contributed by atoms with van der Waals surface area (Å²) in [5.74, 6) is 1.50. The number of unbranched alkanes of at least 4 members (excludes halogenated alkanes) is 1. The summed E-state index contributed by atoms with van der Waals surface area (Å²) >= 11 is 0. The van der Waals surface area contributed by atoms with Crippen molar-refractivity contribution in [1.29, 1.82) is 0 Å². The molecule has 3 aromatic rings. The highest BCUT2D eigenvalue weighted by Gasteiger charge is 2.23. The summed E-state index contributed by atoms with van der Waals surface area (Å²) in [6, 6.07) is 6.22. The molecule has 0 saturated carbocycles. The predicted octanol–water partition coefficient (Wildman–Crippen LogP) is 2.55. The summed E-state index contributed by atoms with van der Waals surface area (Å²) in [7, 11) is 3.08. The zero-order valence-electron chi connectivity index (χ0n) is 25.5. The van der Waals surface area contributed by atoms with Crippen molar-refractivity contribution in [3.8, 4) is 5.75 Å². The highest BCUT2D eigenvalue weighted by atomic mass is 35.5. The number of imidazole rings is 1. The van der Waals surface area contributed by atoms with Crippen LogP contribution in [0.5, 0.6) is 5.75 Å². The molecule has 2 aromatic heterocycles. The zero-order chi connectivity index (χ0) is 28.8. The van der Waals surface area contributed by atoms with E-state index in [0.29, 0.717) is 36.8 Å². The van der Waals surface area contributed by atoms with Crippen molar-refractivity contribution in [2.24, 2.45) is 14.1 Å². The van der Waals surface area contributed by atoms with E-state index in [1.165, 1.54) is 22.7 Å². The number of fused-ring (bicyclic) bond motifs is 1. The molecule has 0 aliphatic carbocycles. The van der Waals surface area contributed by atoms with Gasteiger partial charge in [-0.15, -0.1) is 24.8 Å². The first-order valence-corrected chi connectivity index (χ1v) is 14.4. The lowest BCUT2D eigenvalue weighted by molar-refractivity contribution is 0.0637. The van der Waals surface area contributed by atoms with Gasteiger partial charge in [-0.3, -0.25) is 18.8 Å². The maximum Gasteiger partial charge on any atom is 0.332 e. The van der Waals surface area contributed by atoms with E-state index in [0.717, 1.165) is 62.3 Å². The summed E-state index contributed by atoms with van der Waals surface area (Å²) in [6.07, 6.45) is 2.24. The molecule has 1 aromatic carbocycles. The van der Waals surface area contributed by atoms with Crippen molar-refractivity contribution >= 4 is 41.9 Å². The number of para-hydroxylation sites is 1. The number of hydrogen-bond donors (Lipinski definition) is 2. The molecule has 1 aliphatic heterocycles. The van der Waals surface area contributed by atoms with Crippen molar-refractivity contribution < 1.29 is 9.84 Å². The maximum atomic E-state index is 13.0. The molecule has 13 heteroatoms. The van der Waals surface area contributed by atoms with Gasteiger partial charge in [-0.05, 0) is 37.8 Å². The number of aryl methyl sites for hydroxylation is 3.